The fourth-order valence-corrected chi connectivity index (χ4v) is 2.26. The lowest BCUT2D eigenvalue weighted by Gasteiger charge is -2.09. The molecule has 0 aliphatic rings. The third-order valence-electron chi connectivity index (χ3n) is 3.75. The lowest BCUT2D eigenvalue weighted by atomic mass is 10.1. The van der Waals surface area contributed by atoms with Crippen molar-refractivity contribution in [3.05, 3.63) is 59.7 Å². The van der Waals surface area contributed by atoms with E-state index in [0.29, 0.717) is 22.8 Å². The molecule has 30 heavy (non-hydrogen) atoms. The SMILES string of the molecule is C/C(=N\N=C(N)N)c1ccc(NC(=O)Nc2ccc(/C(C)=N/N=C(N)N)cc2)cc1. The standard InChI is InChI=1S/C19H24N10O/c1-11(26-28-17(20)21)13-3-7-15(8-4-13)24-19(30)25-16-9-5-14(6-10-16)12(2)27-29-18(22)23/h3-10H,1-2H3,(H4,20,21,28)(H4,22,23,29)(H2,24,25,30)/b26-11+,27-12+. The molecule has 2 aromatic rings. The topological polar surface area (TPSA) is 195 Å². The van der Waals surface area contributed by atoms with Crippen LogP contribution in [0.5, 0.6) is 0 Å². The minimum Gasteiger partial charge on any atom is -0.369 e. The quantitative estimate of drug-likeness (QED) is 0.238. The molecule has 11 heteroatoms. The number of hydrogen-bond acceptors (Lipinski definition) is 5. The summed E-state index contributed by atoms with van der Waals surface area (Å²) in [5.41, 5.74) is 25.2. The van der Waals surface area contributed by atoms with E-state index in [0.717, 1.165) is 11.1 Å². The molecule has 0 aliphatic heterocycles. The maximum Gasteiger partial charge on any atom is 0.323 e. The van der Waals surface area contributed by atoms with Crippen molar-refractivity contribution in [1.82, 2.24) is 0 Å². The van der Waals surface area contributed by atoms with Crippen LogP contribution in [0.1, 0.15) is 25.0 Å². The molecule has 11 nitrogen and oxygen atoms in total. The van der Waals surface area contributed by atoms with E-state index in [9.17, 15) is 4.79 Å². The number of carbonyl (C=O) groups is 1. The molecular formula is C19H24N10O. The highest BCUT2D eigenvalue weighted by Gasteiger charge is 2.05. The van der Waals surface area contributed by atoms with Crippen molar-refractivity contribution in [2.45, 2.75) is 13.8 Å². The largest absolute Gasteiger partial charge is 0.369 e. The first-order valence-corrected chi connectivity index (χ1v) is 8.80. The van der Waals surface area contributed by atoms with Crippen LogP contribution in [-0.2, 0) is 0 Å². The van der Waals surface area contributed by atoms with Gasteiger partial charge >= 0.3 is 6.03 Å². The van der Waals surface area contributed by atoms with Gasteiger partial charge in [-0.3, -0.25) is 0 Å². The maximum absolute atomic E-state index is 12.2. The molecule has 0 heterocycles. The monoisotopic (exact) mass is 408 g/mol. The van der Waals surface area contributed by atoms with E-state index in [-0.39, 0.29) is 18.0 Å². The summed E-state index contributed by atoms with van der Waals surface area (Å²) in [5, 5.41) is 20.5. The average Bonchev–Trinajstić information content (AvgIpc) is 2.71. The first-order valence-electron chi connectivity index (χ1n) is 8.80. The molecular weight excluding hydrogens is 384 g/mol. The Labute approximate surface area is 173 Å². The van der Waals surface area contributed by atoms with Gasteiger partial charge in [-0.05, 0) is 49.2 Å². The fraction of sp³-hybridized carbons (Fsp3) is 0.105. The zero-order chi connectivity index (χ0) is 22.1. The lowest BCUT2D eigenvalue weighted by Crippen LogP contribution is -2.22. The Morgan fingerprint density at radius 2 is 0.967 bits per heavy atom. The molecule has 0 bridgehead atoms. The van der Waals surface area contributed by atoms with Crippen LogP contribution in [0, 0.1) is 0 Å². The van der Waals surface area contributed by atoms with Crippen LogP contribution in [0.25, 0.3) is 0 Å². The molecule has 0 atom stereocenters. The summed E-state index contributed by atoms with van der Waals surface area (Å²) in [6, 6.07) is 13.8. The molecule has 0 aliphatic carbocycles. The molecule has 2 amide bonds. The van der Waals surface area contributed by atoms with Gasteiger partial charge in [-0.15, -0.1) is 10.2 Å². The number of benzene rings is 2. The van der Waals surface area contributed by atoms with Crippen molar-refractivity contribution in [2.75, 3.05) is 10.6 Å². The number of nitrogens with one attached hydrogen (secondary N) is 2. The van der Waals surface area contributed by atoms with Crippen molar-refractivity contribution >= 4 is 40.7 Å². The minimum atomic E-state index is -0.382. The van der Waals surface area contributed by atoms with E-state index in [1.54, 1.807) is 62.4 Å². The van der Waals surface area contributed by atoms with E-state index < -0.39 is 0 Å². The second-order valence-corrected chi connectivity index (χ2v) is 6.15. The van der Waals surface area contributed by atoms with Gasteiger partial charge in [0.05, 0.1) is 11.4 Å². The average molecular weight is 408 g/mol. The first kappa shape index (κ1) is 21.9. The zero-order valence-corrected chi connectivity index (χ0v) is 16.6. The molecule has 2 aromatic carbocycles. The lowest BCUT2D eigenvalue weighted by molar-refractivity contribution is 0.262. The summed E-state index contributed by atoms with van der Waals surface area (Å²) in [5.74, 6) is -0.234. The molecule has 0 saturated heterocycles. The van der Waals surface area contributed by atoms with Crippen molar-refractivity contribution < 1.29 is 4.79 Å². The van der Waals surface area contributed by atoms with Gasteiger partial charge in [0, 0.05) is 11.4 Å². The molecule has 0 fully saturated rings. The summed E-state index contributed by atoms with van der Waals surface area (Å²) < 4.78 is 0. The van der Waals surface area contributed by atoms with Gasteiger partial charge in [0.1, 0.15) is 0 Å². The Morgan fingerprint density at radius 3 is 1.27 bits per heavy atom. The summed E-state index contributed by atoms with van der Waals surface area (Å²) in [6.45, 7) is 3.55. The predicted molar refractivity (Wildman–Crippen MR) is 122 cm³/mol. The van der Waals surface area contributed by atoms with Crippen LogP contribution < -0.4 is 33.6 Å². The van der Waals surface area contributed by atoms with Gasteiger partial charge in [-0.25, -0.2) is 4.79 Å². The summed E-state index contributed by atoms with van der Waals surface area (Å²) in [4.78, 5) is 12.2. The molecule has 0 aromatic heterocycles. The van der Waals surface area contributed by atoms with Crippen molar-refractivity contribution in [1.29, 1.82) is 0 Å². The Bertz CT molecular complexity index is 915. The number of nitrogens with zero attached hydrogens (tertiary/aromatic N) is 4. The third kappa shape index (κ3) is 6.96. The summed E-state index contributed by atoms with van der Waals surface area (Å²) >= 11 is 0. The summed E-state index contributed by atoms with van der Waals surface area (Å²) in [6.07, 6.45) is 0. The fourth-order valence-electron chi connectivity index (χ4n) is 2.26. The second-order valence-electron chi connectivity index (χ2n) is 6.15. The Balaban J connectivity index is 1.97. The highest BCUT2D eigenvalue weighted by Crippen LogP contribution is 2.14. The third-order valence-corrected chi connectivity index (χ3v) is 3.75. The number of urea groups is 1. The molecule has 156 valence electrons. The number of anilines is 2. The van der Waals surface area contributed by atoms with Gasteiger partial charge < -0.3 is 33.6 Å². The van der Waals surface area contributed by atoms with E-state index in [2.05, 4.69) is 31.0 Å². The van der Waals surface area contributed by atoms with Crippen LogP contribution >= 0.6 is 0 Å². The Morgan fingerprint density at radius 1 is 0.633 bits per heavy atom. The zero-order valence-electron chi connectivity index (χ0n) is 16.6. The summed E-state index contributed by atoms with van der Waals surface area (Å²) in [7, 11) is 0. The van der Waals surface area contributed by atoms with Crippen LogP contribution in [0.15, 0.2) is 68.9 Å². The van der Waals surface area contributed by atoms with Gasteiger partial charge in [-0.1, -0.05) is 24.3 Å². The highest BCUT2D eigenvalue weighted by molar-refractivity contribution is 6.02. The van der Waals surface area contributed by atoms with Gasteiger partial charge in [-0.2, -0.15) is 10.2 Å². The molecule has 10 N–H and O–H groups in total. The second kappa shape index (κ2) is 10.2. The number of amides is 2. The maximum atomic E-state index is 12.2. The molecule has 0 unspecified atom stereocenters. The smallest absolute Gasteiger partial charge is 0.323 e. The molecule has 0 radical (unpaired) electrons. The Kier molecular flexibility index (Phi) is 7.46. The predicted octanol–water partition coefficient (Wildman–Crippen LogP) is 1.33. The Hall–Kier alpha value is -4.41. The van der Waals surface area contributed by atoms with E-state index >= 15 is 0 Å². The number of hydrogen-bond donors (Lipinski definition) is 6. The molecule has 2 rings (SSSR count). The van der Waals surface area contributed by atoms with Crippen LogP contribution in [0.3, 0.4) is 0 Å². The van der Waals surface area contributed by atoms with Crippen molar-refractivity contribution in [3.8, 4) is 0 Å². The molecule has 0 saturated carbocycles. The van der Waals surface area contributed by atoms with Crippen molar-refractivity contribution in [3.63, 3.8) is 0 Å². The number of nitrogens with two attached hydrogens (primary N) is 4. The van der Waals surface area contributed by atoms with E-state index in [1.165, 1.54) is 0 Å². The van der Waals surface area contributed by atoms with Gasteiger partial charge in [0.15, 0.2) is 0 Å². The molecule has 0 spiro atoms. The van der Waals surface area contributed by atoms with Gasteiger partial charge in [0.2, 0.25) is 11.9 Å². The van der Waals surface area contributed by atoms with Crippen molar-refractivity contribution in [2.24, 2.45) is 43.3 Å². The first-order chi connectivity index (χ1) is 14.2. The number of guanidine groups is 2. The van der Waals surface area contributed by atoms with Crippen LogP contribution in [0.4, 0.5) is 16.2 Å². The number of rotatable bonds is 6. The van der Waals surface area contributed by atoms with E-state index in [1.807, 2.05) is 0 Å². The number of carbonyl (C=O) groups excluding carboxylic acids is 1. The van der Waals surface area contributed by atoms with Crippen LogP contribution in [0.2, 0.25) is 0 Å². The van der Waals surface area contributed by atoms with Crippen LogP contribution in [-0.4, -0.2) is 29.4 Å². The normalized spacial score (nSPS) is 11.4. The minimum absolute atomic E-state index is 0.117. The highest BCUT2D eigenvalue weighted by atomic mass is 16.2. The van der Waals surface area contributed by atoms with E-state index in [4.69, 9.17) is 22.9 Å². The van der Waals surface area contributed by atoms with Gasteiger partial charge in [0.25, 0.3) is 0 Å².